The van der Waals surface area contributed by atoms with Crippen molar-refractivity contribution in [2.45, 2.75) is 26.4 Å². The lowest BCUT2D eigenvalue weighted by Crippen LogP contribution is -2.13. The number of rotatable bonds is 8. The third-order valence-electron chi connectivity index (χ3n) is 3.28. The Morgan fingerprint density at radius 3 is 2.50 bits per heavy atom. The van der Waals surface area contributed by atoms with Crippen LogP contribution < -0.4 is 14.8 Å². The SMILES string of the molecule is CCCOc1cc(Cl)c(CNCc2ccccc2)cc1OC. The average molecular weight is 320 g/mol. The molecule has 0 aromatic heterocycles. The fourth-order valence-corrected chi connectivity index (χ4v) is 2.35. The highest BCUT2D eigenvalue weighted by Crippen LogP contribution is 2.33. The van der Waals surface area contributed by atoms with Gasteiger partial charge >= 0.3 is 0 Å². The van der Waals surface area contributed by atoms with Gasteiger partial charge in [0.25, 0.3) is 0 Å². The summed E-state index contributed by atoms with van der Waals surface area (Å²) in [6.07, 6.45) is 0.946. The molecule has 1 N–H and O–H groups in total. The van der Waals surface area contributed by atoms with Crippen molar-refractivity contribution in [3.8, 4) is 11.5 Å². The minimum Gasteiger partial charge on any atom is -0.493 e. The molecule has 0 saturated heterocycles. The van der Waals surface area contributed by atoms with Crippen molar-refractivity contribution in [3.05, 3.63) is 58.6 Å². The molecule has 3 nitrogen and oxygen atoms in total. The van der Waals surface area contributed by atoms with Crippen LogP contribution in [-0.2, 0) is 13.1 Å². The molecule has 118 valence electrons. The zero-order chi connectivity index (χ0) is 15.8. The van der Waals surface area contributed by atoms with Crippen LogP contribution in [0.2, 0.25) is 5.02 Å². The lowest BCUT2D eigenvalue weighted by Gasteiger charge is -2.14. The van der Waals surface area contributed by atoms with Crippen LogP contribution in [0, 0.1) is 0 Å². The number of halogens is 1. The maximum absolute atomic E-state index is 6.34. The molecule has 0 aliphatic rings. The quantitative estimate of drug-likeness (QED) is 0.781. The Kier molecular flexibility index (Phi) is 6.56. The van der Waals surface area contributed by atoms with Crippen LogP contribution in [0.25, 0.3) is 0 Å². The summed E-state index contributed by atoms with van der Waals surface area (Å²) in [6.45, 7) is 4.19. The second-order valence-electron chi connectivity index (χ2n) is 5.03. The van der Waals surface area contributed by atoms with Crippen LogP contribution in [-0.4, -0.2) is 13.7 Å². The van der Waals surface area contributed by atoms with Crippen molar-refractivity contribution in [2.24, 2.45) is 0 Å². The zero-order valence-corrected chi connectivity index (χ0v) is 13.8. The Bertz CT molecular complexity index is 587. The van der Waals surface area contributed by atoms with Crippen molar-refractivity contribution in [1.82, 2.24) is 5.32 Å². The maximum Gasteiger partial charge on any atom is 0.162 e. The predicted octanol–water partition coefficient (Wildman–Crippen LogP) is 4.43. The summed E-state index contributed by atoms with van der Waals surface area (Å²) in [4.78, 5) is 0. The average Bonchev–Trinajstić information content (AvgIpc) is 2.55. The van der Waals surface area contributed by atoms with Crippen LogP contribution in [0.5, 0.6) is 11.5 Å². The van der Waals surface area contributed by atoms with Gasteiger partial charge in [0.1, 0.15) is 0 Å². The lowest BCUT2D eigenvalue weighted by molar-refractivity contribution is 0.294. The normalized spacial score (nSPS) is 10.5. The standard InChI is InChI=1S/C18H22ClNO2/c1-3-9-22-18-11-16(19)15(10-17(18)21-2)13-20-12-14-7-5-4-6-8-14/h4-8,10-11,20H,3,9,12-13H2,1-2H3. The Morgan fingerprint density at radius 1 is 1.05 bits per heavy atom. The number of hydrogen-bond acceptors (Lipinski definition) is 3. The van der Waals surface area contributed by atoms with Crippen LogP contribution in [0.3, 0.4) is 0 Å². The first-order valence-electron chi connectivity index (χ1n) is 7.48. The van der Waals surface area contributed by atoms with E-state index in [0.717, 1.165) is 24.3 Å². The summed E-state index contributed by atoms with van der Waals surface area (Å²) in [6, 6.07) is 14.0. The van der Waals surface area contributed by atoms with Gasteiger partial charge in [-0.25, -0.2) is 0 Å². The predicted molar refractivity (Wildman–Crippen MR) is 90.8 cm³/mol. The van der Waals surface area contributed by atoms with Gasteiger partial charge in [-0.2, -0.15) is 0 Å². The third-order valence-corrected chi connectivity index (χ3v) is 3.63. The van der Waals surface area contributed by atoms with E-state index in [1.165, 1.54) is 5.56 Å². The van der Waals surface area contributed by atoms with E-state index in [4.69, 9.17) is 21.1 Å². The molecular formula is C18H22ClNO2. The summed E-state index contributed by atoms with van der Waals surface area (Å²) in [5, 5.41) is 4.08. The number of ether oxygens (including phenoxy) is 2. The van der Waals surface area contributed by atoms with Gasteiger partial charge in [0.05, 0.1) is 13.7 Å². The van der Waals surface area contributed by atoms with Crippen LogP contribution >= 0.6 is 11.6 Å². The van der Waals surface area contributed by atoms with Gasteiger partial charge in [0.15, 0.2) is 11.5 Å². The van der Waals surface area contributed by atoms with E-state index in [1.54, 1.807) is 7.11 Å². The van der Waals surface area contributed by atoms with Gasteiger partial charge in [-0.3, -0.25) is 0 Å². The van der Waals surface area contributed by atoms with E-state index < -0.39 is 0 Å². The highest BCUT2D eigenvalue weighted by atomic mass is 35.5. The molecule has 0 unspecified atom stereocenters. The van der Waals surface area contributed by atoms with Gasteiger partial charge in [-0.05, 0) is 23.6 Å². The first-order valence-corrected chi connectivity index (χ1v) is 7.86. The molecule has 22 heavy (non-hydrogen) atoms. The maximum atomic E-state index is 6.34. The molecule has 2 aromatic rings. The summed E-state index contributed by atoms with van der Waals surface area (Å²) in [5.41, 5.74) is 2.24. The second kappa shape index (κ2) is 8.66. The molecule has 2 rings (SSSR count). The molecule has 0 fully saturated rings. The highest BCUT2D eigenvalue weighted by molar-refractivity contribution is 6.31. The molecular weight excluding hydrogens is 298 g/mol. The number of hydrogen-bond donors (Lipinski definition) is 1. The first kappa shape index (κ1) is 16.7. The summed E-state index contributed by atoms with van der Waals surface area (Å²) < 4.78 is 11.0. The van der Waals surface area contributed by atoms with Gasteiger partial charge in [-0.1, -0.05) is 48.9 Å². The minimum atomic E-state index is 0.651. The Balaban J connectivity index is 2.01. The molecule has 0 atom stereocenters. The van der Waals surface area contributed by atoms with Crippen molar-refractivity contribution in [1.29, 1.82) is 0 Å². The van der Waals surface area contributed by atoms with Crippen LogP contribution in [0.4, 0.5) is 0 Å². The van der Waals surface area contributed by atoms with Gasteiger partial charge in [0.2, 0.25) is 0 Å². The van der Waals surface area contributed by atoms with Crippen LogP contribution in [0.15, 0.2) is 42.5 Å². The summed E-state index contributed by atoms with van der Waals surface area (Å²) in [7, 11) is 1.64. The topological polar surface area (TPSA) is 30.5 Å². The molecule has 0 amide bonds. The molecule has 0 heterocycles. The van der Waals surface area contributed by atoms with Gasteiger partial charge < -0.3 is 14.8 Å². The number of nitrogens with one attached hydrogen (secondary N) is 1. The molecule has 0 aliphatic carbocycles. The smallest absolute Gasteiger partial charge is 0.162 e. The number of benzene rings is 2. The van der Waals surface area contributed by atoms with E-state index in [2.05, 4.69) is 24.4 Å². The van der Waals surface area contributed by atoms with E-state index >= 15 is 0 Å². The molecule has 0 bridgehead atoms. The summed E-state index contributed by atoms with van der Waals surface area (Å²) in [5.74, 6) is 1.41. The fourth-order valence-electron chi connectivity index (χ4n) is 2.13. The second-order valence-corrected chi connectivity index (χ2v) is 5.44. The van der Waals surface area contributed by atoms with E-state index in [-0.39, 0.29) is 0 Å². The van der Waals surface area contributed by atoms with Crippen molar-refractivity contribution in [2.75, 3.05) is 13.7 Å². The fraction of sp³-hybridized carbons (Fsp3) is 0.333. The van der Waals surface area contributed by atoms with E-state index in [9.17, 15) is 0 Å². The van der Waals surface area contributed by atoms with Crippen molar-refractivity contribution >= 4 is 11.6 Å². The highest BCUT2D eigenvalue weighted by Gasteiger charge is 2.10. The molecule has 2 aromatic carbocycles. The Morgan fingerprint density at radius 2 is 1.82 bits per heavy atom. The zero-order valence-electron chi connectivity index (χ0n) is 13.1. The Labute approximate surface area is 137 Å². The van der Waals surface area contributed by atoms with Crippen LogP contribution in [0.1, 0.15) is 24.5 Å². The van der Waals surface area contributed by atoms with Gasteiger partial charge in [-0.15, -0.1) is 0 Å². The third kappa shape index (κ3) is 4.65. The van der Waals surface area contributed by atoms with E-state index in [0.29, 0.717) is 23.9 Å². The van der Waals surface area contributed by atoms with Gasteiger partial charge in [0, 0.05) is 24.2 Å². The lowest BCUT2D eigenvalue weighted by atomic mass is 10.2. The first-order chi connectivity index (χ1) is 10.7. The monoisotopic (exact) mass is 319 g/mol. The summed E-state index contributed by atoms with van der Waals surface area (Å²) >= 11 is 6.34. The largest absolute Gasteiger partial charge is 0.493 e. The Hall–Kier alpha value is -1.71. The number of methoxy groups -OCH3 is 1. The molecule has 0 saturated carbocycles. The van der Waals surface area contributed by atoms with Crippen molar-refractivity contribution < 1.29 is 9.47 Å². The molecule has 0 spiro atoms. The molecule has 4 heteroatoms. The molecule has 0 radical (unpaired) electrons. The van der Waals surface area contributed by atoms with E-state index in [1.807, 2.05) is 30.3 Å². The molecule has 0 aliphatic heterocycles. The minimum absolute atomic E-state index is 0.651. The van der Waals surface area contributed by atoms with Crippen molar-refractivity contribution in [3.63, 3.8) is 0 Å².